The van der Waals surface area contributed by atoms with Crippen molar-refractivity contribution in [1.29, 1.82) is 0 Å². The van der Waals surface area contributed by atoms with Gasteiger partial charge in [-0.2, -0.15) is 0 Å². The predicted octanol–water partition coefficient (Wildman–Crippen LogP) is 3.15. The van der Waals surface area contributed by atoms with Crippen LogP contribution in [0.25, 0.3) is 11.3 Å². The number of rotatable bonds is 2. The molecule has 0 fully saturated rings. The lowest BCUT2D eigenvalue weighted by Gasteiger charge is -2.05. The average Bonchev–Trinajstić information content (AvgIpc) is 2.28. The summed E-state index contributed by atoms with van der Waals surface area (Å²) in [5.74, 6) is -0.418. The molecule has 5 nitrogen and oxygen atoms in total. The molecule has 0 bridgehead atoms. The summed E-state index contributed by atoms with van der Waals surface area (Å²) in [6.45, 7) is 1.64. The number of benzene rings is 1. The molecule has 7 heteroatoms. The molecule has 0 amide bonds. The molecule has 18 heavy (non-hydrogen) atoms. The lowest BCUT2D eigenvalue weighted by atomic mass is 10.0. The maximum atomic E-state index is 13.0. The molecular formula is C11H7ClFN3O2. The lowest BCUT2D eigenvalue weighted by Crippen LogP contribution is -1.98. The molecule has 0 N–H and O–H groups in total. The van der Waals surface area contributed by atoms with Crippen molar-refractivity contribution >= 4 is 17.3 Å². The molecule has 1 heterocycles. The fraction of sp³-hybridized carbons (Fsp3) is 0.0909. The van der Waals surface area contributed by atoms with E-state index in [1.165, 1.54) is 18.2 Å². The van der Waals surface area contributed by atoms with E-state index in [-0.39, 0.29) is 16.7 Å². The molecule has 92 valence electrons. The molecule has 1 aromatic heterocycles. The standard InChI is InChI=1S/C11H7ClFN3O2/c1-6-4-7(13)2-3-8(6)10-9(16(17)18)5-14-11(12)15-10/h2-5H,1H3. The molecule has 0 spiro atoms. The summed E-state index contributed by atoms with van der Waals surface area (Å²) in [7, 11) is 0. The van der Waals surface area contributed by atoms with E-state index < -0.39 is 10.7 Å². The van der Waals surface area contributed by atoms with E-state index in [1.54, 1.807) is 6.92 Å². The zero-order valence-corrected chi connectivity index (χ0v) is 9.98. The molecular weight excluding hydrogens is 261 g/mol. The minimum atomic E-state index is -0.603. The quantitative estimate of drug-likeness (QED) is 0.476. The summed E-state index contributed by atoms with van der Waals surface area (Å²) in [6, 6.07) is 3.91. The van der Waals surface area contributed by atoms with Crippen molar-refractivity contribution < 1.29 is 9.31 Å². The minimum Gasteiger partial charge on any atom is -0.258 e. The second-order valence-electron chi connectivity index (χ2n) is 3.59. The van der Waals surface area contributed by atoms with Gasteiger partial charge in [-0.15, -0.1) is 0 Å². The van der Waals surface area contributed by atoms with Crippen molar-refractivity contribution in [2.45, 2.75) is 6.92 Å². The Kier molecular flexibility index (Phi) is 3.20. The van der Waals surface area contributed by atoms with E-state index in [9.17, 15) is 14.5 Å². The summed E-state index contributed by atoms with van der Waals surface area (Å²) in [4.78, 5) is 17.7. The molecule has 0 radical (unpaired) electrons. The second kappa shape index (κ2) is 4.66. The van der Waals surface area contributed by atoms with Crippen LogP contribution in [-0.2, 0) is 0 Å². The van der Waals surface area contributed by atoms with Crippen molar-refractivity contribution in [3.8, 4) is 11.3 Å². The van der Waals surface area contributed by atoms with Crippen LogP contribution in [-0.4, -0.2) is 14.9 Å². The molecule has 0 unspecified atom stereocenters. The maximum absolute atomic E-state index is 13.0. The molecule has 1 aromatic carbocycles. The molecule has 0 aliphatic carbocycles. The van der Waals surface area contributed by atoms with Gasteiger partial charge in [-0.3, -0.25) is 10.1 Å². The van der Waals surface area contributed by atoms with Gasteiger partial charge < -0.3 is 0 Å². The van der Waals surface area contributed by atoms with Gasteiger partial charge in [0.15, 0.2) is 5.69 Å². The van der Waals surface area contributed by atoms with Gasteiger partial charge in [0.25, 0.3) is 0 Å². The Morgan fingerprint density at radius 3 is 2.78 bits per heavy atom. The van der Waals surface area contributed by atoms with Crippen molar-refractivity contribution in [3.05, 3.63) is 51.2 Å². The Hall–Kier alpha value is -2.08. The summed E-state index contributed by atoms with van der Waals surface area (Å²) >= 11 is 5.64. The SMILES string of the molecule is Cc1cc(F)ccc1-c1nc(Cl)ncc1[N+](=O)[O-]. The second-order valence-corrected chi connectivity index (χ2v) is 3.93. The third kappa shape index (κ3) is 2.28. The Balaban J connectivity index is 2.69. The highest BCUT2D eigenvalue weighted by atomic mass is 35.5. The highest BCUT2D eigenvalue weighted by Gasteiger charge is 2.20. The van der Waals surface area contributed by atoms with Crippen LogP contribution >= 0.6 is 11.6 Å². The maximum Gasteiger partial charge on any atom is 0.313 e. The fourth-order valence-electron chi connectivity index (χ4n) is 1.58. The number of nitrogens with zero attached hydrogens (tertiary/aromatic N) is 3. The van der Waals surface area contributed by atoms with E-state index in [1.807, 2.05) is 0 Å². The first-order valence-corrected chi connectivity index (χ1v) is 5.30. The largest absolute Gasteiger partial charge is 0.313 e. The number of hydrogen-bond acceptors (Lipinski definition) is 4. The van der Waals surface area contributed by atoms with Gasteiger partial charge in [0.2, 0.25) is 5.28 Å². The highest BCUT2D eigenvalue weighted by molar-refractivity contribution is 6.28. The monoisotopic (exact) mass is 267 g/mol. The van der Waals surface area contributed by atoms with E-state index in [2.05, 4.69) is 9.97 Å². The number of halogens is 2. The molecule has 2 rings (SSSR count). The molecule has 0 aliphatic rings. The first-order valence-electron chi connectivity index (χ1n) is 4.92. The Morgan fingerprint density at radius 1 is 1.44 bits per heavy atom. The smallest absolute Gasteiger partial charge is 0.258 e. The van der Waals surface area contributed by atoms with Gasteiger partial charge in [-0.25, -0.2) is 14.4 Å². The van der Waals surface area contributed by atoms with Crippen LogP contribution in [0.1, 0.15) is 5.56 Å². The predicted molar refractivity (Wildman–Crippen MR) is 63.8 cm³/mol. The van der Waals surface area contributed by atoms with E-state index >= 15 is 0 Å². The molecule has 0 saturated carbocycles. The zero-order valence-electron chi connectivity index (χ0n) is 9.22. The van der Waals surface area contributed by atoms with Crippen molar-refractivity contribution in [2.75, 3.05) is 0 Å². The average molecular weight is 268 g/mol. The van der Waals surface area contributed by atoms with Gasteiger partial charge in [0, 0.05) is 5.56 Å². The summed E-state index contributed by atoms with van der Waals surface area (Å²) in [5.41, 5.74) is 0.798. The van der Waals surface area contributed by atoms with Gasteiger partial charge in [-0.1, -0.05) is 0 Å². The van der Waals surface area contributed by atoms with Gasteiger partial charge in [-0.05, 0) is 42.3 Å². The first kappa shape index (κ1) is 12.4. The molecule has 0 aliphatic heterocycles. The molecule has 0 atom stereocenters. The van der Waals surface area contributed by atoms with Gasteiger partial charge >= 0.3 is 5.69 Å². The minimum absolute atomic E-state index is 0.0810. The zero-order chi connectivity index (χ0) is 13.3. The summed E-state index contributed by atoms with van der Waals surface area (Å²) < 4.78 is 13.0. The van der Waals surface area contributed by atoms with Crippen LogP contribution in [0.5, 0.6) is 0 Å². The number of hydrogen-bond donors (Lipinski definition) is 0. The van der Waals surface area contributed by atoms with Crippen molar-refractivity contribution in [3.63, 3.8) is 0 Å². The van der Waals surface area contributed by atoms with Crippen LogP contribution in [0.2, 0.25) is 5.28 Å². The van der Waals surface area contributed by atoms with Gasteiger partial charge in [0.1, 0.15) is 12.0 Å². The Bertz CT molecular complexity index is 634. The normalized spacial score (nSPS) is 10.4. The number of aryl methyl sites for hydroxylation is 1. The third-order valence-corrected chi connectivity index (χ3v) is 2.56. The summed E-state index contributed by atoms with van der Waals surface area (Å²) in [5, 5.41) is 10.8. The Labute approximate surface area is 106 Å². The lowest BCUT2D eigenvalue weighted by molar-refractivity contribution is -0.384. The number of nitro groups is 1. The van der Waals surface area contributed by atoms with Crippen LogP contribution in [0.4, 0.5) is 10.1 Å². The highest BCUT2D eigenvalue weighted by Crippen LogP contribution is 2.30. The fourth-order valence-corrected chi connectivity index (χ4v) is 1.71. The van der Waals surface area contributed by atoms with E-state index in [4.69, 9.17) is 11.6 Å². The van der Waals surface area contributed by atoms with Crippen LogP contribution in [0, 0.1) is 22.9 Å². The molecule has 2 aromatic rings. The Morgan fingerprint density at radius 2 is 2.17 bits per heavy atom. The van der Waals surface area contributed by atoms with E-state index in [0.29, 0.717) is 11.1 Å². The van der Waals surface area contributed by atoms with Crippen LogP contribution in [0.15, 0.2) is 24.4 Å². The topological polar surface area (TPSA) is 68.9 Å². The third-order valence-electron chi connectivity index (χ3n) is 2.38. The van der Waals surface area contributed by atoms with Crippen molar-refractivity contribution in [1.82, 2.24) is 9.97 Å². The van der Waals surface area contributed by atoms with E-state index in [0.717, 1.165) is 6.20 Å². The van der Waals surface area contributed by atoms with Crippen molar-refractivity contribution in [2.24, 2.45) is 0 Å². The van der Waals surface area contributed by atoms with Crippen LogP contribution < -0.4 is 0 Å². The molecule has 0 saturated heterocycles. The number of aromatic nitrogens is 2. The van der Waals surface area contributed by atoms with Crippen LogP contribution in [0.3, 0.4) is 0 Å². The first-order chi connectivity index (χ1) is 8.49. The summed E-state index contributed by atoms with van der Waals surface area (Å²) in [6.07, 6.45) is 1.04. The van der Waals surface area contributed by atoms with Gasteiger partial charge in [0.05, 0.1) is 4.92 Å².